The van der Waals surface area contributed by atoms with Crippen LogP contribution in [0.3, 0.4) is 0 Å². The predicted molar refractivity (Wildman–Crippen MR) is 90.3 cm³/mol. The number of fused-ring (bicyclic) bond motifs is 1. The fourth-order valence-electron chi connectivity index (χ4n) is 2.85. The summed E-state index contributed by atoms with van der Waals surface area (Å²) in [5, 5.41) is 19.7. The second-order valence-corrected chi connectivity index (χ2v) is 5.77. The van der Waals surface area contributed by atoms with Crippen molar-refractivity contribution in [3.63, 3.8) is 0 Å². The molecule has 5 heteroatoms. The van der Waals surface area contributed by atoms with E-state index in [1.54, 1.807) is 50.2 Å². The Morgan fingerprint density at radius 1 is 1.17 bits per heavy atom. The molecule has 0 radical (unpaired) electrons. The van der Waals surface area contributed by atoms with Crippen LogP contribution >= 0.6 is 0 Å². The van der Waals surface area contributed by atoms with Gasteiger partial charge in [0.2, 0.25) is 0 Å². The predicted octanol–water partition coefficient (Wildman–Crippen LogP) is 3.32. The molecule has 3 N–H and O–H groups in total. The van der Waals surface area contributed by atoms with E-state index in [1.807, 2.05) is 0 Å². The Labute approximate surface area is 138 Å². The lowest BCUT2D eigenvalue weighted by Gasteiger charge is -2.05. The van der Waals surface area contributed by atoms with Crippen LogP contribution in [0.1, 0.15) is 28.0 Å². The molecule has 0 fully saturated rings. The van der Waals surface area contributed by atoms with E-state index < -0.39 is 5.97 Å². The normalized spacial score (nSPS) is 10.9. The second-order valence-electron chi connectivity index (χ2n) is 5.77. The van der Waals surface area contributed by atoms with Crippen LogP contribution < -0.4 is 0 Å². The Hall–Kier alpha value is -3.08. The third-order valence-electron chi connectivity index (χ3n) is 3.98. The molecule has 0 amide bonds. The Balaban J connectivity index is 2.20. The molecule has 3 rings (SSSR count). The van der Waals surface area contributed by atoms with Crippen LogP contribution in [-0.4, -0.2) is 26.8 Å². The van der Waals surface area contributed by atoms with Gasteiger partial charge in [-0.2, -0.15) is 0 Å². The number of hydrogen-bond donors (Lipinski definition) is 2. The van der Waals surface area contributed by atoms with E-state index in [0.717, 1.165) is 0 Å². The van der Waals surface area contributed by atoms with Gasteiger partial charge in [-0.1, -0.05) is 18.2 Å². The second kappa shape index (κ2) is 5.85. The first-order valence-electron chi connectivity index (χ1n) is 7.47. The summed E-state index contributed by atoms with van der Waals surface area (Å²) < 4.78 is 5.63. The number of carbonyl (C=O) groups is 1. The maximum atomic E-state index is 11.1. The number of hydrogen-bond acceptors (Lipinski definition) is 3. The summed E-state index contributed by atoms with van der Waals surface area (Å²) in [7, 11) is 0. The highest BCUT2D eigenvalue weighted by molar-refractivity contribution is 6.17. The topological polar surface area (TPSA) is 92.1 Å². The molecule has 0 spiro atoms. The lowest BCUT2D eigenvalue weighted by atomic mass is 9.96. The van der Waals surface area contributed by atoms with E-state index >= 15 is 0 Å². The SMILES string of the molecule is Cc1cc(C(=[OH+])c2c(CC(=O)O)oc3ccccc23)cc(C)c1O. The van der Waals surface area contributed by atoms with Crippen molar-refractivity contribution in [2.24, 2.45) is 0 Å². The van der Waals surface area contributed by atoms with Crippen LogP contribution in [0.5, 0.6) is 5.75 Å². The molecule has 0 saturated heterocycles. The van der Waals surface area contributed by atoms with Gasteiger partial charge in [-0.15, -0.1) is 0 Å². The molecule has 0 aliphatic carbocycles. The van der Waals surface area contributed by atoms with Crippen LogP contribution in [0.2, 0.25) is 0 Å². The molecule has 2 aromatic carbocycles. The number of benzene rings is 2. The number of carboxylic acids is 1. The van der Waals surface area contributed by atoms with Crippen LogP contribution in [0.15, 0.2) is 40.8 Å². The average Bonchev–Trinajstić information content (AvgIpc) is 2.88. The van der Waals surface area contributed by atoms with Crippen molar-refractivity contribution < 1.29 is 24.2 Å². The Morgan fingerprint density at radius 2 is 1.79 bits per heavy atom. The van der Waals surface area contributed by atoms with Crippen molar-refractivity contribution in [1.82, 2.24) is 0 Å². The van der Waals surface area contributed by atoms with Gasteiger partial charge in [-0.3, -0.25) is 9.59 Å². The zero-order valence-electron chi connectivity index (χ0n) is 13.3. The molecule has 0 bridgehead atoms. The first kappa shape index (κ1) is 15.8. The molecule has 1 heterocycles. The van der Waals surface area contributed by atoms with Crippen LogP contribution in [-0.2, 0) is 11.2 Å². The summed E-state index contributed by atoms with van der Waals surface area (Å²) in [6.45, 7) is 3.48. The quantitative estimate of drug-likeness (QED) is 0.568. The van der Waals surface area contributed by atoms with Gasteiger partial charge in [-0.05, 0) is 43.2 Å². The monoisotopic (exact) mass is 325 g/mol. The molecule has 24 heavy (non-hydrogen) atoms. The first-order valence-corrected chi connectivity index (χ1v) is 7.47. The summed E-state index contributed by atoms with van der Waals surface area (Å²) in [5.74, 6) is -0.734. The van der Waals surface area contributed by atoms with Crippen molar-refractivity contribution in [3.05, 3.63) is 64.4 Å². The highest BCUT2D eigenvalue weighted by atomic mass is 16.4. The van der Waals surface area contributed by atoms with Gasteiger partial charge >= 0.3 is 11.8 Å². The van der Waals surface area contributed by atoms with Crippen molar-refractivity contribution in [3.8, 4) is 5.75 Å². The van der Waals surface area contributed by atoms with Crippen LogP contribution in [0, 0.1) is 13.8 Å². The smallest absolute Gasteiger partial charge is 0.358 e. The maximum Gasteiger partial charge on any atom is 0.358 e. The minimum atomic E-state index is -1.04. The fraction of sp³-hybridized carbons (Fsp3) is 0.158. The van der Waals surface area contributed by atoms with Gasteiger partial charge in [0.25, 0.3) is 0 Å². The molecule has 1 aromatic heterocycles. The van der Waals surface area contributed by atoms with Gasteiger partial charge in [0.15, 0.2) is 0 Å². The Bertz CT molecular complexity index is 942. The Kier molecular flexibility index (Phi) is 3.85. The summed E-state index contributed by atoms with van der Waals surface area (Å²) in [5.41, 5.74) is 2.65. The number of aliphatic carboxylic acids is 1. The third-order valence-corrected chi connectivity index (χ3v) is 3.98. The zero-order valence-corrected chi connectivity index (χ0v) is 13.3. The fourth-order valence-corrected chi connectivity index (χ4v) is 2.85. The minimum Gasteiger partial charge on any atom is -0.507 e. The van der Waals surface area contributed by atoms with E-state index in [1.165, 1.54) is 0 Å². The highest BCUT2D eigenvalue weighted by Crippen LogP contribution is 2.30. The van der Waals surface area contributed by atoms with Gasteiger partial charge in [-0.25, -0.2) is 0 Å². The molecule has 0 unspecified atom stereocenters. The number of carboxylic acid groups (broad SMARTS) is 1. The molecule has 3 aromatic rings. The standard InChI is InChI=1S/C19H16O5/c1-10-7-12(8-11(2)18(10)22)19(23)17-13-5-3-4-6-14(13)24-15(17)9-16(20)21/h3-8,22H,9H2,1-2H3,(H,20,21)/p+1. The number of furan rings is 1. The van der Waals surface area contributed by atoms with Gasteiger partial charge in [0.1, 0.15) is 29.1 Å². The van der Waals surface area contributed by atoms with Crippen molar-refractivity contribution in [2.45, 2.75) is 20.3 Å². The number of aryl methyl sites for hydroxylation is 2. The number of para-hydroxylation sites is 1. The number of phenols is 1. The molecule has 0 aliphatic heterocycles. The molecule has 0 aliphatic rings. The van der Waals surface area contributed by atoms with E-state index in [-0.39, 0.29) is 23.7 Å². The molecule has 5 nitrogen and oxygen atoms in total. The lowest BCUT2D eigenvalue weighted by Crippen LogP contribution is -2.09. The van der Waals surface area contributed by atoms with E-state index in [4.69, 9.17) is 9.52 Å². The Morgan fingerprint density at radius 3 is 2.42 bits per heavy atom. The van der Waals surface area contributed by atoms with Crippen LogP contribution in [0.4, 0.5) is 0 Å². The van der Waals surface area contributed by atoms with Gasteiger partial charge < -0.3 is 14.6 Å². The summed E-state index contributed by atoms with van der Waals surface area (Å²) in [6, 6.07) is 10.4. The van der Waals surface area contributed by atoms with E-state index in [0.29, 0.717) is 33.2 Å². The highest BCUT2D eigenvalue weighted by Gasteiger charge is 2.28. The minimum absolute atomic E-state index is 0.0672. The van der Waals surface area contributed by atoms with Crippen molar-refractivity contribution in [2.75, 3.05) is 0 Å². The van der Waals surface area contributed by atoms with Crippen LogP contribution in [0.25, 0.3) is 11.0 Å². The number of carbonyl (C=O) groups excluding carboxylic acids is 1. The van der Waals surface area contributed by atoms with Gasteiger partial charge in [0, 0.05) is 5.39 Å². The summed E-state index contributed by atoms with van der Waals surface area (Å²) in [6.07, 6.45) is -0.329. The molecular weight excluding hydrogens is 308 g/mol. The zero-order chi connectivity index (χ0) is 17.4. The number of phenolic OH excluding ortho intramolecular Hbond substituents is 1. The molecule has 122 valence electrons. The van der Waals surface area contributed by atoms with Crippen molar-refractivity contribution >= 4 is 22.7 Å². The first-order chi connectivity index (χ1) is 11.4. The number of rotatable bonds is 4. The molecular formula is C19H17O5+. The maximum absolute atomic E-state index is 11.1. The lowest BCUT2D eigenvalue weighted by molar-refractivity contribution is -0.136. The molecule has 0 saturated carbocycles. The summed E-state index contributed by atoms with van der Waals surface area (Å²) in [4.78, 5) is 21.9. The van der Waals surface area contributed by atoms with Crippen molar-refractivity contribution in [1.29, 1.82) is 0 Å². The third kappa shape index (κ3) is 2.65. The van der Waals surface area contributed by atoms with Gasteiger partial charge in [0.05, 0.1) is 5.56 Å². The van der Waals surface area contributed by atoms with E-state index in [9.17, 15) is 14.7 Å². The number of aromatic hydroxyl groups is 1. The number of ketones is 1. The largest absolute Gasteiger partial charge is 0.507 e. The molecule has 0 atom stereocenters. The van der Waals surface area contributed by atoms with E-state index in [2.05, 4.69) is 0 Å². The summed E-state index contributed by atoms with van der Waals surface area (Å²) >= 11 is 0. The average molecular weight is 325 g/mol.